The van der Waals surface area contributed by atoms with Crippen LogP contribution in [0.5, 0.6) is 0 Å². The molecule has 1 heterocycles. The highest BCUT2D eigenvalue weighted by Gasteiger charge is 2.48. The van der Waals surface area contributed by atoms with Crippen molar-refractivity contribution in [2.45, 2.75) is 51.5 Å². The van der Waals surface area contributed by atoms with Gasteiger partial charge in [0.2, 0.25) is 0 Å². The maximum Gasteiger partial charge on any atom is 0.157 e. The fraction of sp³-hybridized carbons (Fsp3) is 0.611. The van der Waals surface area contributed by atoms with Crippen molar-refractivity contribution in [2.75, 3.05) is 13.1 Å². The van der Waals surface area contributed by atoms with Crippen molar-refractivity contribution >= 4 is 5.78 Å². The summed E-state index contributed by atoms with van der Waals surface area (Å²) in [5, 5.41) is 0. The van der Waals surface area contributed by atoms with E-state index in [0.717, 1.165) is 37.9 Å². The van der Waals surface area contributed by atoms with Crippen molar-refractivity contribution in [1.82, 2.24) is 4.90 Å². The summed E-state index contributed by atoms with van der Waals surface area (Å²) in [6.07, 6.45) is 13.1. The van der Waals surface area contributed by atoms with Crippen molar-refractivity contribution in [3.05, 3.63) is 36.5 Å². The van der Waals surface area contributed by atoms with Gasteiger partial charge < -0.3 is 0 Å². The molecule has 1 aliphatic carbocycles. The Morgan fingerprint density at radius 1 is 1.45 bits per heavy atom. The second-order valence-corrected chi connectivity index (χ2v) is 6.18. The number of allylic oxidation sites excluding steroid dienone is 3. The number of hydrogen-bond acceptors (Lipinski definition) is 2. The van der Waals surface area contributed by atoms with Gasteiger partial charge in [0.1, 0.15) is 5.54 Å². The van der Waals surface area contributed by atoms with Gasteiger partial charge in [-0.2, -0.15) is 0 Å². The molecule has 110 valence electrons. The van der Waals surface area contributed by atoms with Crippen LogP contribution >= 0.6 is 0 Å². The number of Topliss-reactive ketones (excluding diaryl/α,β-unsaturated/α-hetero) is 1. The molecule has 2 aliphatic rings. The number of rotatable bonds is 4. The summed E-state index contributed by atoms with van der Waals surface area (Å²) >= 11 is 0. The van der Waals surface area contributed by atoms with E-state index in [1.54, 1.807) is 0 Å². The smallest absolute Gasteiger partial charge is 0.157 e. The van der Waals surface area contributed by atoms with Gasteiger partial charge in [-0.05, 0) is 44.2 Å². The standard InChI is InChI=1S/C18H27NO/c1-4-6-9-16(5-2)18(12-8-7-10-17(18)20)19-13-11-15(3)14-19/h4-6,9,15H,2,7-8,10-14H2,1,3H3/b6-4-,16-9+/t15?,18-/m1/s1. The quantitative estimate of drug-likeness (QED) is 0.724. The highest BCUT2D eigenvalue weighted by atomic mass is 16.1. The van der Waals surface area contributed by atoms with E-state index in [0.29, 0.717) is 18.1 Å². The summed E-state index contributed by atoms with van der Waals surface area (Å²) in [4.78, 5) is 15.2. The topological polar surface area (TPSA) is 20.3 Å². The molecule has 0 aromatic rings. The molecule has 1 saturated carbocycles. The van der Waals surface area contributed by atoms with E-state index < -0.39 is 5.54 Å². The van der Waals surface area contributed by atoms with Crippen LogP contribution in [0.4, 0.5) is 0 Å². The van der Waals surface area contributed by atoms with Crippen LogP contribution in [0, 0.1) is 5.92 Å². The molecule has 2 heteroatoms. The first-order valence-corrected chi connectivity index (χ1v) is 7.89. The molecular weight excluding hydrogens is 246 g/mol. The number of carbonyl (C=O) groups excluding carboxylic acids is 1. The molecule has 20 heavy (non-hydrogen) atoms. The number of ketones is 1. The van der Waals surface area contributed by atoms with Crippen molar-refractivity contribution in [3.63, 3.8) is 0 Å². The van der Waals surface area contributed by atoms with Crippen LogP contribution in [0.2, 0.25) is 0 Å². The molecule has 2 nitrogen and oxygen atoms in total. The van der Waals surface area contributed by atoms with Crippen molar-refractivity contribution in [2.24, 2.45) is 5.92 Å². The van der Waals surface area contributed by atoms with Crippen molar-refractivity contribution in [1.29, 1.82) is 0 Å². The lowest BCUT2D eigenvalue weighted by Crippen LogP contribution is -2.56. The van der Waals surface area contributed by atoms with E-state index in [2.05, 4.69) is 24.5 Å². The lowest BCUT2D eigenvalue weighted by Gasteiger charge is -2.44. The Morgan fingerprint density at radius 2 is 2.25 bits per heavy atom. The predicted octanol–water partition coefficient (Wildman–Crippen LogP) is 3.90. The first-order chi connectivity index (χ1) is 9.65. The lowest BCUT2D eigenvalue weighted by molar-refractivity contribution is -0.130. The summed E-state index contributed by atoms with van der Waals surface area (Å²) in [5.74, 6) is 1.09. The van der Waals surface area contributed by atoms with Gasteiger partial charge in [-0.15, -0.1) is 0 Å². The van der Waals surface area contributed by atoms with Crippen LogP contribution in [-0.2, 0) is 4.79 Å². The number of nitrogens with zero attached hydrogens (tertiary/aromatic N) is 1. The third-order valence-electron chi connectivity index (χ3n) is 4.78. The number of hydrogen-bond donors (Lipinski definition) is 0. The largest absolute Gasteiger partial charge is 0.297 e. The number of carbonyl (C=O) groups is 1. The summed E-state index contributed by atoms with van der Waals surface area (Å²) < 4.78 is 0. The van der Waals surface area contributed by atoms with Gasteiger partial charge in [-0.1, -0.05) is 44.2 Å². The molecule has 1 unspecified atom stereocenters. The molecule has 2 atom stereocenters. The molecule has 1 saturated heterocycles. The molecular formula is C18H27NO. The Labute approximate surface area is 123 Å². The Balaban J connectivity index is 2.42. The molecule has 0 radical (unpaired) electrons. The lowest BCUT2D eigenvalue weighted by atomic mass is 9.73. The molecule has 0 spiro atoms. The van der Waals surface area contributed by atoms with Crippen LogP contribution in [0.25, 0.3) is 0 Å². The minimum Gasteiger partial charge on any atom is -0.297 e. The van der Waals surface area contributed by atoms with Gasteiger partial charge in [-0.3, -0.25) is 9.69 Å². The summed E-state index contributed by atoms with van der Waals surface area (Å²) in [6.45, 7) is 10.3. The average molecular weight is 273 g/mol. The van der Waals surface area contributed by atoms with Gasteiger partial charge in [0.05, 0.1) is 0 Å². The van der Waals surface area contributed by atoms with Gasteiger partial charge >= 0.3 is 0 Å². The second-order valence-electron chi connectivity index (χ2n) is 6.18. The molecule has 2 rings (SSSR count). The zero-order valence-electron chi connectivity index (χ0n) is 12.9. The zero-order valence-corrected chi connectivity index (χ0v) is 12.9. The maximum atomic E-state index is 12.8. The highest BCUT2D eigenvalue weighted by molar-refractivity contribution is 5.93. The number of likely N-dealkylation sites (tertiary alicyclic amines) is 1. The Bertz CT molecular complexity index is 435. The summed E-state index contributed by atoms with van der Waals surface area (Å²) in [5.41, 5.74) is 0.693. The minimum absolute atomic E-state index is 0.397. The minimum atomic E-state index is -0.399. The summed E-state index contributed by atoms with van der Waals surface area (Å²) in [7, 11) is 0. The van der Waals surface area contributed by atoms with Crippen LogP contribution in [-0.4, -0.2) is 29.3 Å². The molecule has 0 amide bonds. The van der Waals surface area contributed by atoms with E-state index in [1.165, 1.54) is 6.42 Å². The van der Waals surface area contributed by atoms with Crippen LogP contribution < -0.4 is 0 Å². The van der Waals surface area contributed by atoms with E-state index >= 15 is 0 Å². The fourth-order valence-electron chi connectivity index (χ4n) is 3.69. The SMILES string of the molecule is C=C/C(=C\C=C/C)[C@]1(N2CCC(C)C2)CCCCC1=O. The Kier molecular flexibility index (Phi) is 4.98. The van der Waals surface area contributed by atoms with Crippen LogP contribution in [0.3, 0.4) is 0 Å². The summed E-state index contributed by atoms with van der Waals surface area (Å²) in [6, 6.07) is 0. The first kappa shape index (κ1) is 15.2. The second kappa shape index (κ2) is 6.53. The third kappa shape index (κ3) is 2.67. The highest BCUT2D eigenvalue weighted by Crippen LogP contribution is 2.40. The molecule has 0 bridgehead atoms. The van der Waals surface area contributed by atoms with E-state index in [4.69, 9.17) is 0 Å². The molecule has 1 aliphatic heterocycles. The molecule has 0 N–H and O–H groups in total. The Hall–Kier alpha value is -1.15. The maximum absolute atomic E-state index is 12.8. The van der Waals surface area contributed by atoms with Gasteiger partial charge in [-0.25, -0.2) is 0 Å². The first-order valence-electron chi connectivity index (χ1n) is 7.89. The van der Waals surface area contributed by atoms with Crippen LogP contribution in [0.1, 0.15) is 46.0 Å². The normalized spacial score (nSPS) is 33.0. The van der Waals surface area contributed by atoms with Gasteiger partial charge in [0.15, 0.2) is 5.78 Å². The van der Waals surface area contributed by atoms with E-state index in [9.17, 15) is 4.79 Å². The monoisotopic (exact) mass is 273 g/mol. The van der Waals surface area contributed by atoms with E-state index in [-0.39, 0.29) is 0 Å². The fourth-order valence-corrected chi connectivity index (χ4v) is 3.69. The van der Waals surface area contributed by atoms with Crippen molar-refractivity contribution < 1.29 is 4.79 Å². The van der Waals surface area contributed by atoms with Gasteiger partial charge in [0, 0.05) is 13.0 Å². The Morgan fingerprint density at radius 3 is 2.80 bits per heavy atom. The molecule has 0 aromatic carbocycles. The third-order valence-corrected chi connectivity index (χ3v) is 4.78. The molecule has 2 fully saturated rings. The van der Waals surface area contributed by atoms with Crippen molar-refractivity contribution in [3.8, 4) is 0 Å². The zero-order chi connectivity index (χ0) is 14.6. The van der Waals surface area contributed by atoms with E-state index in [1.807, 2.05) is 25.2 Å². The van der Waals surface area contributed by atoms with Crippen LogP contribution in [0.15, 0.2) is 36.5 Å². The molecule has 0 aromatic heterocycles. The average Bonchev–Trinajstić information content (AvgIpc) is 2.88. The predicted molar refractivity (Wildman–Crippen MR) is 84.7 cm³/mol. The van der Waals surface area contributed by atoms with Gasteiger partial charge in [0.25, 0.3) is 0 Å².